The number of amides is 1. The number of hydrogen-bond donors (Lipinski definition) is 1. The predicted octanol–water partition coefficient (Wildman–Crippen LogP) is 2.63. The predicted molar refractivity (Wildman–Crippen MR) is 91.0 cm³/mol. The van der Waals surface area contributed by atoms with Gasteiger partial charge >= 0.3 is 0 Å². The Bertz CT molecular complexity index is 1090. The van der Waals surface area contributed by atoms with Crippen molar-refractivity contribution in [2.75, 3.05) is 5.32 Å². The molecule has 1 amide bonds. The highest BCUT2D eigenvalue weighted by Gasteiger charge is 2.11. The van der Waals surface area contributed by atoms with Crippen LogP contribution >= 0.6 is 0 Å². The number of hydrogen-bond acceptors (Lipinski definition) is 5. The Morgan fingerprint density at radius 1 is 1.12 bits per heavy atom. The molecule has 1 aromatic carbocycles. The molecule has 24 heavy (non-hydrogen) atoms. The van der Waals surface area contributed by atoms with E-state index in [9.17, 15) is 4.79 Å². The molecular weight excluding hydrogens is 304 g/mol. The second-order valence-corrected chi connectivity index (χ2v) is 5.54. The number of anilines is 1. The largest absolute Gasteiger partial charge is 0.311 e. The third kappa shape index (κ3) is 2.36. The van der Waals surface area contributed by atoms with E-state index in [1.54, 1.807) is 10.7 Å². The molecule has 0 aliphatic carbocycles. The number of nitrogens with one attached hydrogen (secondary N) is 1. The molecule has 0 radical (unpaired) electrons. The van der Waals surface area contributed by atoms with E-state index >= 15 is 0 Å². The molecule has 0 spiro atoms. The number of carbonyl (C=O) groups excluding carboxylic acids is 1. The van der Waals surface area contributed by atoms with Crippen molar-refractivity contribution in [3.05, 3.63) is 48.0 Å². The van der Waals surface area contributed by atoms with Gasteiger partial charge < -0.3 is 5.32 Å². The van der Waals surface area contributed by atoms with Gasteiger partial charge in [-0.25, -0.2) is 9.97 Å². The lowest BCUT2D eigenvalue weighted by molar-refractivity contribution is -0.114. The molecule has 1 N–H and O–H groups in total. The molecule has 0 fully saturated rings. The maximum absolute atomic E-state index is 11.2. The topological polar surface area (TPSA) is 85.6 Å². The Morgan fingerprint density at radius 3 is 2.79 bits per heavy atom. The Hall–Kier alpha value is -3.35. The van der Waals surface area contributed by atoms with E-state index in [0.29, 0.717) is 17.3 Å². The molecule has 0 atom stereocenters. The van der Waals surface area contributed by atoms with Gasteiger partial charge in [-0.3, -0.25) is 4.79 Å². The first-order valence-corrected chi connectivity index (χ1v) is 7.48. The van der Waals surface area contributed by atoms with Crippen LogP contribution in [0.25, 0.3) is 27.9 Å². The quantitative estimate of drug-likeness (QED) is 0.614. The lowest BCUT2D eigenvalue weighted by Crippen LogP contribution is -2.08. The van der Waals surface area contributed by atoms with Crippen LogP contribution in [0.1, 0.15) is 12.5 Å². The Labute approximate surface area is 137 Å². The molecule has 3 heterocycles. The van der Waals surface area contributed by atoms with E-state index in [1.807, 2.05) is 43.3 Å². The van der Waals surface area contributed by atoms with Gasteiger partial charge in [-0.05, 0) is 42.8 Å². The molecule has 4 aromatic rings. The summed E-state index contributed by atoms with van der Waals surface area (Å²) in [4.78, 5) is 20.2. The molecule has 7 nitrogen and oxygen atoms in total. The van der Waals surface area contributed by atoms with E-state index in [2.05, 4.69) is 25.6 Å². The third-order valence-electron chi connectivity index (χ3n) is 3.74. The van der Waals surface area contributed by atoms with Crippen LogP contribution in [0.15, 0.2) is 42.5 Å². The molecule has 7 heteroatoms. The summed E-state index contributed by atoms with van der Waals surface area (Å²) in [6.45, 7) is 3.44. The first-order chi connectivity index (χ1) is 11.6. The van der Waals surface area contributed by atoms with Crippen LogP contribution in [0, 0.1) is 6.92 Å². The molecule has 4 rings (SSSR count). The van der Waals surface area contributed by atoms with Gasteiger partial charge in [0, 0.05) is 12.3 Å². The van der Waals surface area contributed by atoms with Gasteiger partial charge in [0.2, 0.25) is 5.91 Å². The Morgan fingerprint density at radius 2 is 1.96 bits per heavy atom. The summed E-state index contributed by atoms with van der Waals surface area (Å²) < 4.78 is 1.69. The smallest absolute Gasteiger partial charge is 0.222 e. The highest BCUT2D eigenvalue weighted by molar-refractivity contribution is 5.90. The van der Waals surface area contributed by atoms with E-state index in [1.165, 1.54) is 6.92 Å². The van der Waals surface area contributed by atoms with Crippen LogP contribution in [-0.2, 0) is 4.79 Å². The van der Waals surface area contributed by atoms with Crippen molar-refractivity contribution in [3.63, 3.8) is 0 Å². The van der Waals surface area contributed by atoms with Crippen LogP contribution in [0.2, 0.25) is 0 Å². The normalized spacial score (nSPS) is 11.1. The number of carbonyl (C=O) groups is 1. The van der Waals surface area contributed by atoms with Gasteiger partial charge in [0.15, 0.2) is 11.5 Å². The number of fused-ring (bicyclic) bond motifs is 2. The molecular formula is C17H14N6O. The fraction of sp³-hybridized carbons (Fsp3) is 0.118. The van der Waals surface area contributed by atoms with Gasteiger partial charge in [-0.15, -0.1) is 5.10 Å². The van der Waals surface area contributed by atoms with Crippen molar-refractivity contribution < 1.29 is 4.79 Å². The molecule has 118 valence electrons. The maximum atomic E-state index is 11.2. The average molecular weight is 318 g/mol. The molecule has 0 aliphatic heterocycles. The summed E-state index contributed by atoms with van der Waals surface area (Å²) >= 11 is 0. The van der Waals surface area contributed by atoms with Crippen molar-refractivity contribution in [1.29, 1.82) is 0 Å². The summed E-state index contributed by atoms with van der Waals surface area (Å²) in [6.07, 6.45) is 0. The summed E-state index contributed by atoms with van der Waals surface area (Å²) in [5, 5.41) is 12.0. The van der Waals surface area contributed by atoms with E-state index in [-0.39, 0.29) is 5.91 Å². The number of para-hydroxylation sites is 1. The zero-order valence-electron chi connectivity index (χ0n) is 13.2. The summed E-state index contributed by atoms with van der Waals surface area (Å²) in [7, 11) is 0. The molecule has 0 saturated carbocycles. The lowest BCUT2D eigenvalue weighted by Gasteiger charge is -2.08. The molecule has 0 saturated heterocycles. The van der Waals surface area contributed by atoms with E-state index < -0.39 is 0 Å². The number of rotatable bonds is 2. The minimum absolute atomic E-state index is 0.169. The van der Waals surface area contributed by atoms with Gasteiger partial charge in [-0.1, -0.05) is 17.3 Å². The van der Waals surface area contributed by atoms with Crippen molar-refractivity contribution in [2.24, 2.45) is 0 Å². The van der Waals surface area contributed by atoms with Gasteiger partial charge in [0.05, 0.1) is 5.52 Å². The van der Waals surface area contributed by atoms with Crippen molar-refractivity contribution in [2.45, 2.75) is 13.8 Å². The van der Waals surface area contributed by atoms with Crippen LogP contribution in [-0.4, -0.2) is 30.9 Å². The van der Waals surface area contributed by atoms with Crippen molar-refractivity contribution in [3.8, 4) is 5.82 Å². The summed E-state index contributed by atoms with van der Waals surface area (Å²) in [5.41, 5.74) is 3.26. The first-order valence-electron chi connectivity index (χ1n) is 7.48. The van der Waals surface area contributed by atoms with E-state index in [4.69, 9.17) is 0 Å². The number of aromatic nitrogens is 5. The average Bonchev–Trinajstić information content (AvgIpc) is 2.98. The number of pyridine rings is 2. The SMILES string of the molecule is CC(=O)Nc1ccc2c(C)cc(-n3nnc4ccccc43)nc2n1. The lowest BCUT2D eigenvalue weighted by atomic mass is 10.2. The summed E-state index contributed by atoms with van der Waals surface area (Å²) in [6, 6.07) is 13.3. The zero-order chi connectivity index (χ0) is 16.7. The third-order valence-corrected chi connectivity index (χ3v) is 3.74. The van der Waals surface area contributed by atoms with E-state index in [0.717, 1.165) is 22.0 Å². The second kappa shape index (κ2) is 5.38. The van der Waals surface area contributed by atoms with Crippen LogP contribution in [0.3, 0.4) is 0 Å². The molecule has 3 aromatic heterocycles. The number of nitrogens with zero attached hydrogens (tertiary/aromatic N) is 5. The molecule has 0 bridgehead atoms. The van der Waals surface area contributed by atoms with Crippen LogP contribution in [0.4, 0.5) is 5.82 Å². The van der Waals surface area contributed by atoms with Gasteiger partial charge in [0.1, 0.15) is 11.3 Å². The minimum atomic E-state index is -0.169. The fourth-order valence-electron chi connectivity index (χ4n) is 2.65. The van der Waals surface area contributed by atoms with Gasteiger partial charge in [-0.2, -0.15) is 4.68 Å². The van der Waals surface area contributed by atoms with Crippen LogP contribution < -0.4 is 5.32 Å². The maximum Gasteiger partial charge on any atom is 0.222 e. The van der Waals surface area contributed by atoms with Crippen molar-refractivity contribution in [1.82, 2.24) is 25.0 Å². The molecule has 0 aliphatic rings. The monoisotopic (exact) mass is 318 g/mol. The fourth-order valence-corrected chi connectivity index (χ4v) is 2.65. The second-order valence-electron chi connectivity index (χ2n) is 5.54. The van der Waals surface area contributed by atoms with Crippen LogP contribution in [0.5, 0.6) is 0 Å². The Balaban J connectivity index is 1.91. The molecule has 0 unspecified atom stereocenters. The highest BCUT2D eigenvalue weighted by atomic mass is 16.1. The minimum Gasteiger partial charge on any atom is -0.311 e. The zero-order valence-corrected chi connectivity index (χ0v) is 13.2. The Kier molecular flexibility index (Phi) is 3.19. The highest BCUT2D eigenvalue weighted by Crippen LogP contribution is 2.22. The number of benzene rings is 1. The standard InChI is InChI=1S/C17H14N6O/c1-10-9-16(23-14-6-4-3-5-13(14)21-22-23)20-17-12(10)7-8-15(19-17)18-11(2)24/h3-9H,1-2H3,(H,18,19,20,24). The summed E-state index contributed by atoms with van der Waals surface area (Å²) in [5.74, 6) is 0.945. The van der Waals surface area contributed by atoms with Crippen molar-refractivity contribution >= 4 is 33.8 Å². The van der Waals surface area contributed by atoms with Gasteiger partial charge in [0.25, 0.3) is 0 Å². The first kappa shape index (κ1) is 14.3. The number of aryl methyl sites for hydroxylation is 1.